The van der Waals surface area contributed by atoms with Gasteiger partial charge in [0, 0.05) is 11.8 Å². The number of ether oxygens (including phenoxy) is 1. The first-order valence-electron chi connectivity index (χ1n) is 10.5. The molecule has 3 rings (SSSR count). The molecule has 1 aromatic heterocycles. The van der Waals surface area contributed by atoms with Crippen LogP contribution in [0.2, 0.25) is 39.3 Å². The van der Waals surface area contributed by atoms with Gasteiger partial charge in [-0.2, -0.15) is 0 Å². The highest BCUT2D eigenvalue weighted by Crippen LogP contribution is 2.40. The van der Waals surface area contributed by atoms with E-state index in [-0.39, 0.29) is 0 Å². The van der Waals surface area contributed by atoms with Crippen LogP contribution in [0.4, 0.5) is 0 Å². The molecule has 0 atom stereocenters. The summed E-state index contributed by atoms with van der Waals surface area (Å²) in [5, 5.41) is 2.91. The minimum atomic E-state index is -1.76. The van der Waals surface area contributed by atoms with Gasteiger partial charge in [0.2, 0.25) is 5.88 Å². The van der Waals surface area contributed by atoms with E-state index >= 15 is 0 Å². The van der Waals surface area contributed by atoms with Gasteiger partial charge in [-0.05, 0) is 34.0 Å². The number of rotatable bonds is 6. The molecule has 3 aromatic rings. The molecule has 0 saturated heterocycles. The van der Waals surface area contributed by atoms with Gasteiger partial charge >= 0.3 is 0 Å². The van der Waals surface area contributed by atoms with Crippen LogP contribution in [0.25, 0.3) is 10.8 Å². The van der Waals surface area contributed by atoms with Crippen LogP contribution in [0.5, 0.6) is 5.88 Å². The predicted molar refractivity (Wildman–Crippen MR) is 136 cm³/mol. The molecule has 0 radical (unpaired) electrons. The summed E-state index contributed by atoms with van der Waals surface area (Å²) in [5.41, 5.74) is 4.97. The van der Waals surface area contributed by atoms with Crippen molar-refractivity contribution in [1.29, 1.82) is 0 Å². The summed E-state index contributed by atoms with van der Waals surface area (Å²) in [4.78, 5) is 4.56. The second kappa shape index (κ2) is 8.74. The lowest BCUT2D eigenvalue weighted by Gasteiger charge is -2.30. The molecular formula is C26H33NOSi2. The Hall–Kier alpha value is -2.44. The van der Waals surface area contributed by atoms with E-state index < -0.39 is 16.1 Å². The van der Waals surface area contributed by atoms with Gasteiger partial charge in [0.15, 0.2) is 0 Å². The molecule has 156 valence electrons. The van der Waals surface area contributed by atoms with Crippen molar-refractivity contribution in [2.75, 3.05) is 7.11 Å². The lowest BCUT2D eigenvalue weighted by Crippen LogP contribution is -2.40. The number of hydrogen-bond donors (Lipinski definition) is 0. The van der Waals surface area contributed by atoms with Gasteiger partial charge in [-0.1, -0.05) is 99.1 Å². The summed E-state index contributed by atoms with van der Waals surface area (Å²) in [6, 6.07) is 24.0. The van der Waals surface area contributed by atoms with Crippen molar-refractivity contribution in [1.82, 2.24) is 4.98 Å². The van der Waals surface area contributed by atoms with Crippen LogP contribution in [-0.2, 0) is 0 Å². The van der Waals surface area contributed by atoms with Gasteiger partial charge in [-0.15, -0.1) is 0 Å². The summed E-state index contributed by atoms with van der Waals surface area (Å²) in [6.45, 7) is 14.5. The molecule has 0 N–H and O–H groups in total. The van der Waals surface area contributed by atoms with Crippen molar-refractivity contribution in [3.8, 4) is 5.88 Å². The van der Waals surface area contributed by atoms with E-state index in [9.17, 15) is 0 Å². The number of pyridine rings is 1. The van der Waals surface area contributed by atoms with Gasteiger partial charge in [0.25, 0.3) is 0 Å². The monoisotopic (exact) mass is 431 g/mol. The van der Waals surface area contributed by atoms with E-state index in [4.69, 9.17) is 4.74 Å². The van der Waals surface area contributed by atoms with Crippen LogP contribution in [0.3, 0.4) is 0 Å². The normalized spacial score (nSPS) is 13.0. The van der Waals surface area contributed by atoms with Crippen LogP contribution in [-0.4, -0.2) is 28.2 Å². The minimum Gasteiger partial charge on any atom is -0.481 e. The number of nitrogens with zero attached hydrogens (tertiary/aromatic N) is 1. The number of benzene rings is 2. The quantitative estimate of drug-likeness (QED) is 0.329. The number of aromatic nitrogens is 1. The molecule has 2 aromatic carbocycles. The van der Waals surface area contributed by atoms with E-state index in [1.54, 1.807) is 13.3 Å². The van der Waals surface area contributed by atoms with E-state index in [2.05, 4.69) is 105 Å². The van der Waals surface area contributed by atoms with Crippen molar-refractivity contribution < 1.29 is 4.74 Å². The van der Waals surface area contributed by atoms with Crippen LogP contribution < -0.4 is 9.92 Å². The summed E-state index contributed by atoms with van der Waals surface area (Å²) in [6.07, 6.45) is 1.81. The van der Waals surface area contributed by atoms with Crippen molar-refractivity contribution in [3.05, 3.63) is 89.6 Å². The van der Waals surface area contributed by atoms with E-state index in [1.165, 1.54) is 27.1 Å². The topological polar surface area (TPSA) is 22.1 Å². The largest absolute Gasteiger partial charge is 0.481 e. The smallest absolute Gasteiger partial charge is 0.221 e. The second-order valence-electron chi connectivity index (χ2n) is 9.72. The minimum absolute atomic E-state index is 0.685. The fourth-order valence-electron chi connectivity index (χ4n) is 4.07. The first-order valence-corrected chi connectivity index (χ1v) is 17.5. The average molecular weight is 432 g/mol. The molecule has 0 aliphatic carbocycles. The molecule has 0 amide bonds. The highest BCUT2D eigenvalue weighted by Gasteiger charge is 2.31. The fourth-order valence-corrected chi connectivity index (χ4v) is 7.74. The van der Waals surface area contributed by atoms with Gasteiger partial charge < -0.3 is 4.74 Å². The van der Waals surface area contributed by atoms with Crippen molar-refractivity contribution in [2.24, 2.45) is 0 Å². The molecule has 30 heavy (non-hydrogen) atoms. The van der Waals surface area contributed by atoms with Crippen LogP contribution in [0, 0.1) is 0 Å². The molecule has 0 bridgehead atoms. The lowest BCUT2D eigenvalue weighted by atomic mass is 9.95. The zero-order valence-electron chi connectivity index (χ0n) is 19.3. The van der Waals surface area contributed by atoms with Crippen LogP contribution in [0.15, 0.2) is 72.9 Å². The van der Waals surface area contributed by atoms with Crippen LogP contribution in [0.1, 0.15) is 16.7 Å². The Balaban J connectivity index is 2.53. The third kappa shape index (κ3) is 4.65. The Kier molecular flexibility index (Phi) is 6.48. The first kappa shape index (κ1) is 22.3. The highest BCUT2D eigenvalue weighted by atomic mass is 28.3. The van der Waals surface area contributed by atoms with Crippen LogP contribution >= 0.6 is 0 Å². The summed E-state index contributed by atoms with van der Waals surface area (Å²) in [7, 11) is -1.64. The Labute approximate surface area is 183 Å². The standard InChI is InChI=1S/C26H33NOSi2/c1-28-26-22(17-13-19-27-26)24(21-16-11-12-18-23(21)29(2,3)4)25(30(5,6)7)20-14-9-8-10-15-20/h8-19H,1-7H3. The zero-order chi connectivity index (χ0) is 21.9. The lowest BCUT2D eigenvalue weighted by molar-refractivity contribution is 0.396. The van der Waals surface area contributed by atoms with E-state index in [0.29, 0.717) is 5.88 Å². The maximum Gasteiger partial charge on any atom is 0.221 e. The molecule has 2 nitrogen and oxygen atoms in total. The molecule has 0 spiro atoms. The third-order valence-corrected chi connectivity index (χ3v) is 9.39. The van der Waals surface area contributed by atoms with Gasteiger partial charge in [0.05, 0.1) is 23.3 Å². The van der Waals surface area contributed by atoms with Crippen molar-refractivity contribution in [2.45, 2.75) is 39.3 Å². The predicted octanol–water partition coefficient (Wildman–Crippen LogP) is 6.47. The first-order chi connectivity index (χ1) is 14.1. The van der Waals surface area contributed by atoms with Crippen molar-refractivity contribution >= 4 is 32.1 Å². The Bertz CT molecular complexity index is 1040. The highest BCUT2D eigenvalue weighted by molar-refractivity contribution is 6.95. The van der Waals surface area contributed by atoms with Gasteiger partial charge in [-0.3, -0.25) is 0 Å². The summed E-state index contributed by atoms with van der Waals surface area (Å²) in [5.74, 6) is 0.685. The SMILES string of the molecule is COc1ncccc1C(=C(c1ccccc1)[Si](C)(C)C)c1ccccc1[Si](C)(C)C. The molecule has 0 saturated carbocycles. The number of methoxy groups -OCH3 is 1. The Morgan fingerprint density at radius 1 is 0.733 bits per heavy atom. The molecule has 0 fully saturated rings. The molecule has 1 heterocycles. The molecule has 4 heteroatoms. The maximum absolute atomic E-state index is 5.75. The average Bonchev–Trinajstić information content (AvgIpc) is 2.71. The molecule has 0 aliphatic rings. The zero-order valence-corrected chi connectivity index (χ0v) is 21.3. The Morgan fingerprint density at radius 3 is 1.93 bits per heavy atom. The third-order valence-electron chi connectivity index (χ3n) is 5.30. The summed E-state index contributed by atoms with van der Waals surface area (Å²) < 4.78 is 5.75. The Morgan fingerprint density at radius 2 is 1.33 bits per heavy atom. The molecule has 0 unspecified atom stereocenters. The molecular weight excluding hydrogens is 398 g/mol. The number of hydrogen-bond acceptors (Lipinski definition) is 2. The van der Waals surface area contributed by atoms with Crippen molar-refractivity contribution in [3.63, 3.8) is 0 Å². The van der Waals surface area contributed by atoms with Gasteiger partial charge in [-0.25, -0.2) is 4.98 Å². The summed E-state index contributed by atoms with van der Waals surface area (Å²) >= 11 is 0. The van der Waals surface area contributed by atoms with E-state index in [0.717, 1.165) is 5.56 Å². The van der Waals surface area contributed by atoms with E-state index in [1.807, 2.05) is 6.07 Å². The maximum atomic E-state index is 5.75. The molecule has 0 aliphatic heterocycles. The second-order valence-corrected chi connectivity index (χ2v) is 19.8. The fraction of sp³-hybridized carbons (Fsp3) is 0.269. The van der Waals surface area contributed by atoms with Gasteiger partial charge in [0.1, 0.15) is 0 Å².